The van der Waals surface area contributed by atoms with Gasteiger partial charge in [0.25, 0.3) is 0 Å². The predicted octanol–water partition coefficient (Wildman–Crippen LogP) is 7.01. The molecule has 336 valence electrons. The first-order valence-electron chi connectivity index (χ1n) is 22.3. The zero-order chi connectivity index (χ0) is 45.8. The summed E-state index contributed by atoms with van der Waals surface area (Å²) in [5, 5.41) is 12.8. The molecule has 0 atom stereocenters. The predicted molar refractivity (Wildman–Crippen MR) is 254 cm³/mol. The van der Waals surface area contributed by atoms with Crippen LogP contribution in [0.25, 0.3) is 56.0 Å². The second-order valence-corrected chi connectivity index (χ2v) is 17.4. The third-order valence-electron chi connectivity index (χ3n) is 12.9. The van der Waals surface area contributed by atoms with Crippen molar-refractivity contribution in [3.05, 3.63) is 120 Å². The van der Waals surface area contributed by atoms with Crippen LogP contribution in [0.15, 0.2) is 97.3 Å². The maximum atomic E-state index is 16.4. The van der Waals surface area contributed by atoms with E-state index in [-0.39, 0.29) is 29.3 Å². The summed E-state index contributed by atoms with van der Waals surface area (Å²) in [5.41, 5.74) is 17.4. The number of halogens is 2. The molecule has 2 aliphatic rings. The zero-order valence-electron chi connectivity index (χ0n) is 37.2. The largest absolute Gasteiger partial charge is 0.368 e. The van der Waals surface area contributed by atoms with Gasteiger partial charge in [0.15, 0.2) is 5.78 Å². The van der Waals surface area contributed by atoms with Gasteiger partial charge in [-0.05, 0) is 74.9 Å². The molecule has 15 nitrogen and oxygen atoms in total. The molecule has 4 aromatic carbocycles. The van der Waals surface area contributed by atoms with Crippen LogP contribution in [-0.4, -0.2) is 120 Å². The fourth-order valence-corrected chi connectivity index (χ4v) is 9.34. The lowest BCUT2D eigenvalue weighted by molar-refractivity contribution is 0.104. The number of carbonyl (C=O) groups is 1. The number of rotatable bonds is 10. The third-order valence-corrected chi connectivity index (χ3v) is 12.9. The average Bonchev–Trinajstić information content (AvgIpc) is 3.92. The van der Waals surface area contributed by atoms with Gasteiger partial charge in [-0.3, -0.25) is 14.6 Å². The monoisotopic (exact) mass is 888 g/mol. The Hall–Kier alpha value is -7.37. The summed E-state index contributed by atoms with van der Waals surface area (Å²) in [4.78, 5) is 43.6. The van der Waals surface area contributed by atoms with Crippen LogP contribution in [0.5, 0.6) is 0 Å². The molecule has 0 bridgehead atoms. The molecule has 0 unspecified atom stereocenters. The minimum atomic E-state index is -0.503. The first kappa shape index (κ1) is 42.6. The van der Waals surface area contributed by atoms with Crippen LogP contribution >= 0.6 is 0 Å². The molecule has 4 aromatic heterocycles. The molecule has 0 amide bonds. The SMILES string of the molecule is CC(C)N1CCN(c2cc(-n3nc(-c4ccc(F)cn4)nc3N)c(C(=O)c3c(-n4nc(-c5ccc(F)cn5)nc4N)cc(N4CCN(C(C)C)CC4)c4ccccc34)c3ccccc23)CC1. The Bertz CT molecular complexity index is 2890. The number of aromatic nitrogens is 8. The van der Waals surface area contributed by atoms with Crippen molar-refractivity contribution in [3.63, 3.8) is 0 Å². The van der Waals surface area contributed by atoms with Gasteiger partial charge in [-0.1, -0.05) is 48.5 Å². The molecule has 17 heteroatoms. The van der Waals surface area contributed by atoms with Crippen LogP contribution < -0.4 is 21.3 Å². The van der Waals surface area contributed by atoms with E-state index in [0.717, 1.165) is 86.9 Å². The van der Waals surface area contributed by atoms with Crippen LogP contribution in [0.4, 0.5) is 32.1 Å². The fourth-order valence-electron chi connectivity index (χ4n) is 9.34. The number of pyridine rings is 2. The molecule has 6 heterocycles. The van der Waals surface area contributed by atoms with Crippen molar-refractivity contribution >= 4 is 50.6 Å². The third kappa shape index (κ3) is 7.72. The highest BCUT2D eigenvalue weighted by atomic mass is 19.1. The van der Waals surface area contributed by atoms with E-state index in [0.29, 0.717) is 56.7 Å². The van der Waals surface area contributed by atoms with E-state index in [2.05, 4.69) is 67.2 Å². The van der Waals surface area contributed by atoms with E-state index < -0.39 is 11.6 Å². The summed E-state index contributed by atoms with van der Waals surface area (Å²) in [6.07, 6.45) is 2.19. The Morgan fingerprint density at radius 2 is 0.909 bits per heavy atom. The van der Waals surface area contributed by atoms with Crippen molar-refractivity contribution in [1.82, 2.24) is 49.3 Å². The molecular weight excluding hydrogens is 839 g/mol. The number of hydrogen-bond acceptors (Lipinski definition) is 13. The number of nitrogens with two attached hydrogens (primary N) is 2. The molecule has 0 aliphatic carbocycles. The van der Waals surface area contributed by atoms with Gasteiger partial charge in [-0.15, -0.1) is 10.2 Å². The standard InChI is InChI=1S/C49H50F2N14O/c1-29(2)60-17-21-62(22-18-60)39-25-41(64-48(52)56-46(58-64)37-15-13-31(50)27-54-37)43(35-11-7-5-9-33(35)39)45(66)44-36-12-8-6-10-34(36)40(63-23-19-61(20-24-63)30(3)4)26-42(44)65-49(53)57-47(59-65)38-16-14-32(51)28-55-38/h5-16,25-30H,17-24H2,1-4H3,(H2,52,56,58)(H2,53,57,59). The molecule has 8 aromatic rings. The van der Waals surface area contributed by atoms with E-state index in [4.69, 9.17) is 21.7 Å². The van der Waals surface area contributed by atoms with Gasteiger partial charge in [-0.2, -0.15) is 19.3 Å². The molecular formula is C49H50F2N14O. The number of anilines is 4. The summed E-state index contributed by atoms with van der Waals surface area (Å²) < 4.78 is 31.0. The van der Waals surface area contributed by atoms with Gasteiger partial charge in [0.05, 0.1) is 34.9 Å². The lowest BCUT2D eigenvalue weighted by Crippen LogP contribution is -2.49. The Morgan fingerprint density at radius 1 is 0.530 bits per heavy atom. The smallest absolute Gasteiger partial charge is 0.224 e. The summed E-state index contributed by atoms with van der Waals surface area (Å²) >= 11 is 0. The Kier molecular flexibility index (Phi) is 11.1. The number of benzene rings is 4. The molecule has 0 saturated carbocycles. The lowest BCUT2D eigenvalue weighted by Gasteiger charge is -2.39. The van der Waals surface area contributed by atoms with Crippen molar-refractivity contribution in [2.45, 2.75) is 39.8 Å². The van der Waals surface area contributed by atoms with Gasteiger partial charge >= 0.3 is 0 Å². The van der Waals surface area contributed by atoms with Crippen LogP contribution in [-0.2, 0) is 0 Å². The number of nitrogen functional groups attached to an aromatic ring is 2. The molecule has 0 radical (unpaired) electrons. The summed E-state index contributed by atoms with van der Waals surface area (Å²) in [6.45, 7) is 15.3. The first-order valence-corrected chi connectivity index (χ1v) is 22.3. The number of ketones is 1. The maximum absolute atomic E-state index is 16.4. The topological polar surface area (TPSA) is 169 Å². The number of hydrogen-bond donors (Lipinski definition) is 2. The molecule has 10 rings (SSSR count). The highest BCUT2D eigenvalue weighted by molar-refractivity contribution is 6.27. The van der Waals surface area contributed by atoms with Gasteiger partial charge in [0.2, 0.25) is 23.5 Å². The minimum absolute atomic E-state index is 0.00830. The van der Waals surface area contributed by atoms with Gasteiger partial charge in [0.1, 0.15) is 23.0 Å². The quantitative estimate of drug-likeness (QED) is 0.135. The second-order valence-electron chi connectivity index (χ2n) is 17.4. The second kappa shape index (κ2) is 17.2. The van der Waals surface area contributed by atoms with Crippen LogP contribution in [0.3, 0.4) is 0 Å². The summed E-state index contributed by atoms with van der Waals surface area (Å²) in [7, 11) is 0. The fraction of sp³-hybridized carbons (Fsp3) is 0.286. The maximum Gasteiger partial charge on any atom is 0.224 e. The number of carbonyl (C=O) groups excluding carboxylic acids is 1. The van der Waals surface area contributed by atoms with Crippen LogP contribution in [0.1, 0.15) is 43.6 Å². The normalized spacial score (nSPS) is 15.2. The van der Waals surface area contributed by atoms with Gasteiger partial charge < -0.3 is 21.3 Å². The van der Waals surface area contributed by atoms with Gasteiger partial charge in [-0.25, -0.2) is 18.7 Å². The van der Waals surface area contributed by atoms with Crippen molar-refractivity contribution < 1.29 is 13.6 Å². The highest BCUT2D eigenvalue weighted by Crippen LogP contribution is 2.42. The van der Waals surface area contributed by atoms with Crippen molar-refractivity contribution in [2.75, 3.05) is 73.6 Å². The van der Waals surface area contributed by atoms with Crippen LogP contribution in [0.2, 0.25) is 0 Å². The minimum Gasteiger partial charge on any atom is -0.368 e. The average molecular weight is 889 g/mol. The summed E-state index contributed by atoms with van der Waals surface area (Å²) in [6, 6.07) is 26.0. The molecule has 0 spiro atoms. The number of nitrogens with zero attached hydrogens (tertiary/aromatic N) is 12. The van der Waals surface area contributed by atoms with E-state index >= 15 is 4.79 Å². The molecule has 2 saturated heterocycles. The Morgan fingerprint density at radius 3 is 1.26 bits per heavy atom. The van der Waals surface area contributed by atoms with Crippen molar-refractivity contribution in [1.29, 1.82) is 0 Å². The molecule has 2 aliphatic heterocycles. The van der Waals surface area contributed by atoms with E-state index in [9.17, 15) is 8.78 Å². The molecule has 66 heavy (non-hydrogen) atoms. The molecule has 2 fully saturated rings. The highest BCUT2D eigenvalue weighted by Gasteiger charge is 2.32. The van der Waals surface area contributed by atoms with E-state index in [1.807, 2.05) is 60.7 Å². The Balaban J connectivity index is 1.23. The number of fused-ring (bicyclic) bond motifs is 2. The first-order chi connectivity index (χ1) is 31.9. The van der Waals surface area contributed by atoms with Crippen molar-refractivity contribution in [3.8, 4) is 34.4 Å². The molecule has 4 N–H and O–H groups in total. The Labute approximate surface area is 380 Å². The van der Waals surface area contributed by atoms with E-state index in [1.165, 1.54) is 33.6 Å². The van der Waals surface area contributed by atoms with Crippen molar-refractivity contribution in [2.24, 2.45) is 0 Å². The number of piperazine rings is 2. The van der Waals surface area contributed by atoms with E-state index in [1.54, 1.807) is 0 Å². The van der Waals surface area contributed by atoms with Gasteiger partial charge in [0, 0.05) is 86.6 Å². The van der Waals surface area contributed by atoms with Crippen LogP contribution in [0, 0.1) is 11.6 Å². The lowest BCUT2D eigenvalue weighted by atomic mass is 9.89. The zero-order valence-corrected chi connectivity index (χ0v) is 37.2. The summed E-state index contributed by atoms with van der Waals surface area (Å²) in [5.74, 6) is -1.02.